The van der Waals surface area contributed by atoms with Crippen LogP contribution in [0.5, 0.6) is 0 Å². The molecule has 0 bridgehead atoms. The smallest absolute Gasteiger partial charge is 0.355 e. The molecule has 0 spiro atoms. The van der Waals surface area contributed by atoms with E-state index in [0.717, 1.165) is 27.4 Å². The van der Waals surface area contributed by atoms with E-state index in [-0.39, 0.29) is 11.6 Å². The van der Waals surface area contributed by atoms with Crippen molar-refractivity contribution in [2.24, 2.45) is 0 Å². The molecule has 2 heterocycles. The Balaban J connectivity index is 2.11. The van der Waals surface area contributed by atoms with E-state index in [0.29, 0.717) is 11.3 Å². The summed E-state index contributed by atoms with van der Waals surface area (Å²) in [5.41, 5.74) is 3.56. The highest BCUT2D eigenvalue weighted by atomic mass is 16.4. The van der Waals surface area contributed by atoms with Crippen LogP contribution in [0.3, 0.4) is 0 Å². The van der Waals surface area contributed by atoms with Gasteiger partial charge in [-0.15, -0.1) is 0 Å². The molecule has 0 aliphatic heterocycles. The van der Waals surface area contributed by atoms with Gasteiger partial charge in [0.05, 0.1) is 11.7 Å². The summed E-state index contributed by atoms with van der Waals surface area (Å²) < 4.78 is 0. The fraction of sp³-hybridized carbons (Fsp3) is 0.0500. The number of benzene rings is 2. The quantitative estimate of drug-likeness (QED) is 0.522. The molecule has 128 valence electrons. The van der Waals surface area contributed by atoms with E-state index in [2.05, 4.69) is 15.3 Å². The number of nitrogens with one attached hydrogen (secondary N) is 2. The number of anilines is 1. The molecule has 2 aromatic carbocycles. The van der Waals surface area contributed by atoms with Crippen molar-refractivity contribution in [1.29, 1.82) is 0 Å². The number of amides is 1. The van der Waals surface area contributed by atoms with Gasteiger partial charge in [-0.2, -0.15) is 0 Å². The Morgan fingerprint density at radius 2 is 1.85 bits per heavy atom. The number of hydrogen-bond acceptors (Lipinski definition) is 3. The van der Waals surface area contributed by atoms with Crippen LogP contribution in [0.25, 0.3) is 32.9 Å². The van der Waals surface area contributed by atoms with Gasteiger partial charge in [0.15, 0.2) is 5.69 Å². The Morgan fingerprint density at radius 3 is 2.54 bits per heavy atom. The number of carboxylic acids is 1. The molecule has 0 saturated heterocycles. The van der Waals surface area contributed by atoms with Crippen LogP contribution in [0.1, 0.15) is 17.4 Å². The number of carbonyl (C=O) groups is 2. The zero-order chi connectivity index (χ0) is 18.3. The Bertz CT molecular complexity index is 1160. The van der Waals surface area contributed by atoms with Crippen LogP contribution in [0.15, 0.2) is 54.7 Å². The third kappa shape index (κ3) is 2.57. The van der Waals surface area contributed by atoms with Gasteiger partial charge in [-0.05, 0) is 23.8 Å². The van der Waals surface area contributed by atoms with Crippen molar-refractivity contribution in [3.8, 4) is 11.1 Å². The number of carbonyl (C=O) groups excluding carboxylic acids is 1. The highest BCUT2D eigenvalue weighted by Gasteiger charge is 2.20. The third-order valence-electron chi connectivity index (χ3n) is 4.22. The summed E-state index contributed by atoms with van der Waals surface area (Å²) in [5.74, 6) is -1.25. The normalized spacial score (nSPS) is 11.0. The first kappa shape index (κ1) is 15.8. The minimum atomic E-state index is -1.09. The van der Waals surface area contributed by atoms with Crippen LogP contribution in [-0.2, 0) is 4.79 Å². The molecular formula is C20H15N3O3. The number of rotatable bonds is 3. The van der Waals surface area contributed by atoms with Crippen molar-refractivity contribution in [1.82, 2.24) is 9.97 Å². The summed E-state index contributed by atoms with van der Waals surface area (Å²) in [7, 11) is 0. The molecule has 0 aliphatic carbocycles. The lowest BCUT2D eigenvalue weighted by molar-refractivity contribution is -0.114. The average molecular weight is 345 g/mol. The van der Waals surface area contributed by atoms with Gasteiger partial charge in [0, 0.05) is 34.5 Å². The van der Waals surface area contributed by atoms with Gasteiger partial charge >= 0.3 is 5.97 Å². The maximum atomic E-state index is 11.8. The molecule has 0 saturated carbocycles. The van der Waals surface area contributed by atoms with Crippen LogP contribution < -0.4 is 5.32 Å². The predicted molar refractivity (Wildman–Crippen MR) is 100 cm³/mol. The molecule has 1 amide bonds. The van der Waals surface area contributed by atoms with E-state index < -0.39 is 5.97 Å². The molecule has 0 atom stereocenters. The summed E-state index contributed by atoms with van der Waals surface area (Å²) in [6.45, 7) is 1.45. The van der Waals surface area contributed by atoms with Crippen LogP contribution in [0.4, 0.5) is 5.69 Å². The first-order valence-electron chi connectivity index (χ1n) is 8.05. The highest BCUT2D eigenvalue weighted by Crippen LogP contribution is 2.37. The Morgan fingerprint density at radius 1 is 1.08 bits per heavy atom. The SMILES string of the molecule is CC(=O)Nc1ccc2[nH]c3cnc(C(=O)O)c(-c4ccccc4)c3c2c1. The summed E-state index contributed by atoms with van der Waals surface area (Å²) in [6.07, 6.45) is 1.53. The topological polar surface area (TPSA) is 95.1 Å². The van der Waals surface area contributed by atoms with Gasteiger partial charge < -0.3 is 15.4 Å². The van der Waals surface area contributed by atoms with Crippen LogP contribution in [0, 0.1) is 0 Å². The lowest BCUT2D eigenvalue weighted by Gasteiger charge is -2.08. The number of pyridine rings is 1. The summed E-state index contributed by atoms with van der Waals surface area (Å²) in [6, 6.07) is 14.8. The molecule has 0 aliphatic rings. The van der Waals surface area contributed by atoms with Crippen molar-refractivity contribution in [3.05, 3.63) is 60.4 Å². The second kappa shape index (κ2) is 6.00. The second-order valence-corrected chi connectivity index (χ2v) is 6.01. The number of aromatic amines is 1. The fourth-order valence-electron chi connectivity index (χ4n) is 3.22. The van der Waals surface area contributed by atoms with Crippen LogP contribution in [0.2, 0.25) is 0 Å². The molecule has 6 heteroatoms. The molecule has 0 radical (unpaired) electrons. The van der Waals surface area contributed by atoms with Gasteiger partial charge in [0.1, 0.15) is 0 Å². The van der Waals surface area contributed by atoms with E-state index in [1.54, 1.807) is 6.07 Å². The Hall–Kier alpha value is -3.67. The summed E-state index contributed by atoms with van der Waals surface area (Å²) in [5, 5.41) is 14.0. The van der Waals surface area contributed by atoms with E-state index in [4.69, 9.17) is 0 Å². The van der Waals surface area contributed by atoms with Crippen LogP contribution >= 0.6 is 0 Å². The van der Waals surface area contributed by atoms with E-state index in [1.807, 2.05) is 42.5 Å². The average Bonchev–Trinajstić information content (AvgIpc) is 2.99. The number of carboxylic acid groups (broad SMARTS) is 1. The lowest BCUT2D eigenvalue weighted by atomic mass is 9.98. The molecule has 2 aromatic heterocycles. The van der Waals surface area contributed by atoms with Gasteiger partial charge in [-0.25, -0.2) is 9.78 Å². The highest BCUT2D eigenvalue weighted by molar-refractivity contribution is 6.18. The predicted octanol–water partition coefficient (Wildman–Crippen LogP) is 4.04. The lowest BCUT2D eigenvalue weighted by Crippen LogP contribution is -2.05. The standard InChI is InChI=1S/C20H15N3O3/c1-11(24)22-13-7-8-15-14(9-13)18-16(23-15)10-21-19(20(25)26)17(18)12-5-3-2-4-6-12/h2-10,23H,1H3,(H,22,24)(H,25,26). The number of aromatic carboxylic acids is 1. The molecule has 0 fully saturated rings. The van der Waals surface area contributed by atoms with Crippen molar-refractivity contribution < 1.29 is 14.7 Å². The molecule has 6 nitrogen and oxygen atoms in total. The maximum Gasteiger partial charge on any atom is 0.355 e. The molecule has 3 N–H and O–H groups in total. The Kier molecular flexibility index (Phi) is 3.65. The van der Waals surface area contributed by atoms with Crippen molar-refractivity contribution >= 4 is 39.4 Å². The van der Waals surface area contributed by atoms with Gasteiger partial charge in [-0.3, -0.25) is 4.79 Å². The van der Waals surface area contributed by atoms with Crippen molar-refractivity contribution in [2.75, 3.05) is 5.32 Å². The minimum absolute atomic E-state index is 0.00506. The molecule has 26 heavy (non-hydrogen) atoms. The number of hydrogen-bond donors (Lipinski definition) is 3. The largest absolute Gasteiger partial charge is 0.476 e. The first-order chi connectivity index (χ1) is 12.5. The van der Waals surface area contributed by atoms with E-state index in [9.17, 15) is 14.7 Å². The zero-order valence-corrected chi connectivity index (χ0v) is 13.9. The maximum absolute atomic E-state index is 11.8. The van der Waals surface area contributed by atoms with Gasteiger partial charge in [-0.1, -0.05) is 30.3 Å². The zero-order valence-electron chi connectivity index (χ0n) is 13.9. The molecular weight excluding hydrogens is 330 g/mol. The van der Waals surface area contributed by atoms with Crippen molar-refractivity contribution in [2.45, 2.75) is 6.92 Å². The van der Waals surface area contributed by atoms with Crippen molar-refractivity contribution in [3.63, 3.8) is 0 Å². The molecule has 4 aromatic rings. The number of aromatic nitrogens is 2. The summed E-state index contributed by atoms with van der Waals surface area (Å²) in [4.78, 5) is 30.6. The number of H-pyrrole nitrogens is 1. The molecule has 0 unspecified atom stereocenters. The monoisotopic (exact) mass is 345 g/mol. The number of fused-ring (bicyclic) bond motifs is 3. The van der Waals surface area contributed by atoms with Gasteiger partial charge in [0.2, 0.25) is 5.91 Å². The fourth-order valence-corrected chi connectivity index (χ4v) is 3.22. The minimum Gasteiger partial charge on any atom is -0.476 e. The summed E-state index contributed by atoms with van der Waals surface area (Å²) >= 11 is 0. The number of nitrogens with zero attached hydrogens (tertiary/aromatic N) is 1. The van der Waals surface area contributed by atoms with E-state index in [1.165, 1.54) is 13.1 Å². The van der Waals surface area contributed by atoms with Crippen LogP contribution in [-0.4, -0.2) is 27.0 Å². The first-order valence-corrected chi connectivity index (χ1v) is 8.05. The second-order valence-electron chi connectivity index (χ2n) is 6.01. The van der Waals surface area contributed by atoms with Gasteiger partial charge in [0.25, 0.3) is 0 Å². The molecule has 4 rings (SSSR count). The Labute approximate surface area is 148 Å². The van der Waals surface area contributed by atoms with E-state index >= 15 is 0 Å². The third-order valence-corrected chi connectivity index (χ3v) is 4.22.